The average molecular weight is 227 g/mol. The summed E-state index contributed by atoms with van der Waals surface area (Å²) in [5, 5.41) is 0.0495. The summed E-state index contributed by atoms with van der Waals surface area (Å²) in [6.07, 6.45) is 1.06. The zero-order chi connectivity index (χ0) is 11.5. The van der Waals surface area contributed by atoms with Gasteiger partial charge in [-0.2, -0.15) is 0 Å². The highest BCUT2D eigenvalue weighted by atomic mass is 35.5. The molecule has 1 nitrogen and oxygen atoms in total. The van der Waals surface area contributed by atoms with Crippen molar-refractivity contribution in [3.05, 3.63) is 29.8 Å². The predicted molar refractivity (Wildman–Crippen MR) is 65.7 cm³/mol. The molecule has 0 amide bonds. The number of hydrogen-bond donors (Lipinski definition) is 0. The number of ether oxygens (including phenoxy) is 1. The summed E-state index contributed by atoms with van der Waals surface area (Å²) in [5.41, 5.74) is 1.28. The lowest BCUT2D eigenvalue weighted by Gasteiger charge is -2.29. The van der Waals surface area contributed by atoms with Crippen molar-refractivity contribution in [1.82, 2.24) is 0 Å². The molecule has 0 radical (unpaired) electrons. The molecule has 0 aliphatic rings. The molecule has 1 rings (SSSR count). The minimum atomic E-state index is 0.0495. The van der Waals surface area contributed by atoms with Gasteiger partial charge in [-0.05, 0) is 29.5 Å². The van der Waals surface area contributed by atoms with Gasteiger partial charge in [0, 0.05) is 0 Å². The van der Waals surface area contributed by atoms with Gasteiger partial charge in [0.05, 0.1) is 12.5 Å². The summed E-state index contributed by atoms with van der Waals surface area (Å²) in [6.45, 7) is 6.54. The Bertz CT molecular complexity index is 303. The summed E-state index contributed by atoms with van der Waals surface area (Å²) < 4.78 is 5.12. The lowest BCUT2D eigenvalue weighted by Crippen LogP contribution is -2.16. The summed E-state index contributed by atoms with van der Waals surface area (Å²) >= 11 is 6.45. The molecule has 1 aromatic rings. The topological polar surface area (TPSA) is 9.23 Å². The second kappa shape index (κ2) is 4.89. The Morgan fingerprint density at radius 1 is 1.27 bits per heavy atom. The molecule has 0 fully saturated rings. The van der Waals surface area contributed by atoms with Gasteiger partial charge in [-0.1, -0.05) is 32.9 Å². The third-order valence-corrected chi connectivity index (χ3v) is 3.85. The third kappa shape index (κ3) is 2.88. The average Bonchev–Trinajstić information content (AvgIpc) is 2.28. The van der Waals surface area contributed by atoms with E-state index >= 15 is 0 Å². The van der Waals surface area contributed by atoms with Crippen LogP contribution in [0.4, 0.5) is 0 Å². The van der Waals surface area contributed by atoms with E-state index in [4.69, 9.17) is 16.3 Å². The largest absolute Gasteiger partial charge is 0.497 e. The van der Waals surface area contributed by atoms with Crippen LogP contribution in [-0.4, -0.2) is 7.11 Å². The lowest BCUT2D eigenvalue weighted by molar-refractivity contribution is 0.336. The molecular formula is C13H19ClO. The molecule has 0 saturated heterocycles. The molecule has 0 aromatic heterocycles. The maximum absolute atomic E-state index is 6.45. The highest BCUT2D eigenvalue weighted by Gasteiger charge is 2.26. The standard InChI is InChI=1S/C13H19ClO/c1-5-13(2,3)12(14)10-6-8-11(15-4)9-7-10/h6-9,12H,5H2,1-4H3. The van der Waals surface area contributed by atoms with Crippen LogP contribution in [0.15, 0.2) is 24.3 Å². The third-order valence-electron chi connectivity index (χ3n) is 3.01. The van der Waals surface area contributed by atoms with Crippen LogP contribution in [0.5, 0.6) is 5.75 Å². The van der Waals surface area contributed by atoms with Gasteiger partial charge in [0.1, 0.15) is 5.75 Å². The van der Waals surface area contributed by atoms with Crippen molar-refractivity contribution >= 4 is 11.6 Å². The van der Waals surface area contributed by atoms with Crippen molar-refractivity contribution in [2.24, 2.45) is 5.41 Å². The summed E-state index contributed by atoms with van der Waals surface area (Å²) in [5.74, 6) is 0.872. The fourth-order valence-corrected chi connectivity index (χ4v) is 1.70. The maximum Gasteiger partial charge on any atom is 0.118 e. The molecule has 1 atom stereocenters. The van der Waals surface area contributed by atoms with Crippen LogP contribution in [0, 0.1) is 5.41 Å². The minimum absolute atomic E-state index is 0.0495. The number of halogens is 1. The van der Waals surface area contributed by atoms with E-state index in [0.29, 0.717) is 0 Å². The molecule has 0 aliphatic carbocycles. The molecular weight excluding hydrogens is 208 g/mol. The van der Waals surface area contributed by atoms with Crippen LogP contribution in [0.25, 0.3) is 0 Å². The molecule has 0 spiro atoms. The van der Waals surface area contributed by atoms with E-state index in [1.165, 1.54) is 0 Å². The summed E-state index contributed by atoms with van der Waals surface area (Å²) in [7, 11) is 1.67. The van der Waals surface area contributed by atoms with E-state index in [9.17, 15) is 0 Å². The molecule has 0 saturated carbocycles. The number of benzene rings is 1. The van der Waals surface area contributed by atoms with Gasteiger partial charge in [0.15, 0.2) is 0 Å². The number of alkyl halides is 1. The Labute approximate surface area is 97.4 Å². The normalized spacial score (nSPS) is 13.7. The van der Waals surface area contributed by atoms with Crippen LogP contribution in [0.1, 0.15) is 38.1 Å². The van der Waals surface area contributed by atoms with Gasteiger partial charge in [0.25, 0.3) is 0 Å². The van der Waals surface area contributed by atoms with Crippen molar-refractivity contribution in [1.29, 1.82) is 0 Å². The second-order valence-electron chi connectivity index (χ2n) is 4.48. The van der Waals surface area contributed by atoms with E-state index in [2.05, 4.69) is 20.8 Å². The van der Waals surface area contributed by atoms with E-state index in [1.54, 1.807) is 7.11 Å². The van der Waals surface area contributed by atoms with Gasteiger partial charge < -0.3 is 4.74 Å². The van der Waals surface area contributed by atoms with Crippen LogP contribution in [0.2, 0.25) is 0 Å². The molecule has 2 heteroatoms. The zero-order valence-corrected chi connectivity index (χ0v) is 10.6. The number of hydrogen-bond acceptors (Lipinski definition) is 1. The lowest BCUT2D eigenvalue weighted by atomic mass is 9.83. The van der Waals surface area contributed by atoms with Crippen molar-refractivity contribution in [3.63, 3.8) is 0 Å². The Kier molecular flexibility index (Phi) is 4.04. The Hall–Kier alpha value is -0.690. The van der Waals surface area contributed by atoms with E-state index in [1.807, 2.05) is 24.3 Å². The monoisotopic (exact) mass is 226 g/mol. The van der Waals surface area contributed by atoms with Gasteiger partial charge in [-0.15, -0.1) is 11.6 Å². The van der Waals surface area contributed by atoms with E-state index in [0.717, 1.165) is 17.7 Å². The van der Waals surface area contributed by atoms with Gasteiger partial charge in [0.2, 0.25) is 0 Å². The Balaban J connectivity index is 2.87. The van der Waals surface area contributed by atoms with Crippen LogP contribution in [0.3, 0.4) is 0 Å². The van der Waals surface area contributed by atoms with Gasteiger partial charge in [-0.25, -0.2) is 0 Å². The quantitative estimate of drug-likeness (QED) is 0.691. The maximum atomic E-state index is 6.45. The summed E-state index contributed by atoms with van der Waals surface area (Å²) in [6, 6.07) is 7.98. The van der Waals surface area contributed by atoms with Gasteiger partial charge >= 0.3 is 0 Å². The Morgan fingerprint density at radius 3 is 2.20 bits per heavy atom. The molecule has 15 heavy (non-hydrogen) atoms. The fraction of sp³-hybridized carbons (Fsp3) is 0.538. The first-order valence-electron chi connectivity index (χ1n) is 5.29. The SMILES string of the molecule is CCC(C)(C)C(Cl)c1ccc(OC)cc1. The predicted octanol–water partition coefficient (Wildman–Crippen LogP) is 4.41. The minimum Gasteiger partial charge on any atom is -0.497 e. The van der Waals surface area contributed by atoms with E-state index in [-0.39, 0.29) is 10.8 Å². The number of methoxy groups -OCH3 is 1. The fourth-order valence-electron chi connectivity index (χ4n) is 1.40. The molecule has 84 valence electrons. The van der Waals surface area contributed by atoms with Crippen molar-refractivity contribution < 1.29 is 4.74 Å². The van der Waals surface area contributed by atoms with E-state index < -0.39 is 0 Å². The smallest absolute Gasteiger partial charge is 0.118 e. The van der Waals surface area contributed by atoms with Crippen LogP contribution < -0.4 is 4.74 Å². The van der Waals surface area contributed by atoms with Crippen LogP contribution in [-0.2, 0) is 0 Å². The van der Waals surface area contributed by atoms with Crippen molar-refractivity contribution in [3.8, 4) is 5.75 Å². The first kappa shape index (κ1) is 12.4. The van der Waals surface area contributed by atoms with Crippen molar-refractivity contribution in [2.75, 3.05) is 7.11 Å². The molecule has 0 bridgehead atoms. The highest BCUT2D eigenvalue weighted by Crippen LogP contribution is 2.41. The molecule has 0 aliphatic heterocycles. The Morgan fingerprint density at radius 2 is 1.80 bits per heavy atom. The molecule has 0 N–H and O–H groups in total. The molecule has 1 aromatic carbocycles. The first-order chi connectivity index (χ1) is 7.01. The van der Waals surface area contributed by atoms with Gasteiger partial charge in [-0.3, -0.25) is 0 Å². The molecule has 0 heterocycles. The summed E-state index contributed by atoms with van der Waals surface area (Å²) in [4.78, 5) is 0. The van der Waals surface area contributed by atoms with Crippen LogP contribution >= 0.6 is 11.6 Å². The second-order valence-corrected chi connectivity index (χ2v) is 4.91. The highest BCUT2D eigenvalue weighted by molar-refractivity contribution is 6.21. The number of rotatable bonds is 4. The zero-order valence-electron chi connectivity index (χ0n) is 9.88. The molecule has 1 unspecified atom stereocenters. The van der Waals surface area contributed by atoms with Crippen molar-refractivity contribution in [2.45, 2.75) is 32.6 Å². The first-order valence-corrected chi connectivity index (χ1v) is 5.73.